The molecule has 12 nitrogen and oxygen atoms in total. The van der Waals surface area contributed by atoms with E-state index in [1.165, 1.54) is 6.20 Å². The first-order valence-electron chi connectivity index (χ1n) is 12.8. The number of amides is 1. The van der Waals surface area contributed by atoms with Crippen LogP contribution in [0.1, 0.15) is 12.8 Å². The van der Waals surface area contributed by atoms with E-state index in [2.05, 4.69) is 10.3 Å². The Kier molecular flexibility index (Phi) is 11.7. The standard InChI is InChI=1S/C14H20N2O4.C14H18N2O4/c2*1-18-10-4-5-11-12(8-10)16(13(17)9-15-11)7-6-14(19-2)20-3/h4-5,8,14-15H,6-7,9H2,1-3H3;4-5,8-9,14H,6-7H2,1-3H3. The lowest BCUT2D eigenvalue weighted by molar-refractivity contribution is -0.118. The topological polar surface area (TPSA) is 123 Å². The fraction of sp³-hybridized carbons (Fsp3) is 0.464. The number of fused-ring (bicyclic) bond motifs is 2. The van der Waals surface area contributed by atoms with E-state index in [1.54, 1.807) is 58.2 Å². The number of hydrogen-bond donors (Lipinski definition) is 1. The summed E-state index contributed by atoms with van der Waals surface area (Å²) in [5, 5.41) is 3.10. The van der Waals surface area contributed by atoms with Gasteiger partial charge in [0, 0.05) is 66.5 Å². The summed E-state index contributed by atoms with van der Waals surface area (Å²) in [6, 6.07) is 11.1. The number of aryl methyl sites for hydroxylation is 1. The number of rotatable bonds is 12. The van der Waals surface area contributed by atoms with Crippen LogP contribution in [0.15, 0.2) is 47.4 Å². The number of ether oxygens (including phenoxy) is 6. The Balaban J connectivity index is 0.000000220. The number of nitrogens with one attached hydrogen (secondary N) is 1. The van der Waals surface area contributed by atoms with Gasteiger partial charge in [-0.1, -0.05) is 0 Å². The molecule has 0 bridgehead atoms. The van der Waals surface area contributed by atoms with Gasteiger partial charge in [0.15, 0.2) is 12.6 Å². The van der Waals surface area contributed by atoms with Crippen LogP contribution in [0.2, 0.25) is 0 Å². The Hall–Kier alpha value is -3.71. The molecule has 2 aromatic carbocycles. The van der Waals surface area contributed by atoms with E-state index in [0.29, 0.717) is 38.2 Å². The first kappa shape index (κ1) is 30.8. The second-order valence-electron chi connectivity index (χ2n) is 8.76. The van der Waals surface area contributed by atoms with Gasteiger partial charge in [-0.3, -0.25) is 9.59 Å². The molecule has 0 radical (unpaired) electrons. The van der Waals surface area contributed by atoms with E-state index >= 15 is 0 Å². The maximum atomic E-state index is 12.1. The summed E-state index contributed by atoms with van der Waals surface area (Å²) in [4.78, 5) is 30.0. The van der Waals surface area contributed by atoms with Crippen LogP contribution in [0.4, 0.5) is 11.4 Å². The molecular weight excluding hydrogens is 520 g/mol. The normalized spacial score (nSPS) is 12.7. The van der Waals surface area contributed by atoms with Crippen LogP contribution < -0.4 is 25.2 Å². The van der Waals surface area contributed by atoms with Gasteiger partial charge in [-0.05, 0) is 24.3 Å². The van der Waals surface area contributed by atoms with Gasteiger partial charge >= 0.3 is 0 Å². The average Bonchev–Trinajstić information content (AvgIpc) is 2.99. The molecule has 0 unspecified atom stereocenters. The lowest BCUT2D eigenvalue weighted by Gasteiger charge is -2.31. The van der Waals surface area contributed by atoms with Crippen LogP contribution in [-0.2, 0) is 30.3 Å². The summed E-state index contributed by atoms with van der Waals surface area (Å²) in [7, 11) is 9.52. The van der Waals surface area contributed by atoms with Crippen molar-refractivity contribution in [3.63, 3.8) is 0 Å². The summed E-state index contributed by atoms with van der Waals surface area (Å²) in [6.45, 7) is 1.31. The molecule has 2 heterocycles. The monoisotopic (exact) mass is 558 g/mol. The van der Waals surface area contributed by atoms with E-state index in [0.717, 1.165) is 28.2 Å². The molecule has 1 N–H and O–H groups in total. The highest BCUT2D eigenvalue weighted by atomic mass is 16.7. The Bertz CT molecular complexity index is 1310. The predicted octanol–water partition coefficient (Wildman–Crippen LogP) is 2.88. The zero-order valence-corrected chi connectivity index (χ0v) is 23.8. The summed E-state index contributed by atoms with van der Waals surface area (Å²) < 4.78 is 32.7. The quantitative estimate of drug-likeness (QED) is 0.332. The van der Waals surface area contributed by atoms with Gasteiger partial charge in [-0.15, -0.1) is 0 Å². The van der Waals surface area contributed by atoms with Crippen molar-refractivity contribution in [3.05, 3.63) is 52.9 Å². The van der Waals surface area contributed by atoms with E-state index in [1.807, 2.05) is 30.3 Å². The maximum Gasteiger partial charge on any atom is 0.269 e. The van der Waals surface area contributed by atoms with Crippen molar-refractivity contribution in [2.75, 3.05) is 66.0 Å². The predicted molar refractivity (Wildman–Crippen MR) is 151 cm³/mol. The lowest BCUT2D eigenvalue weighted by atomic mass is 10.1. The van der Waals surface area contributed by atoms with Gasteiger partial charge in [0.25, 0.3) is 5.56 Å². The number of hydrogen-bond acceptors (Lipinski definition) is 10. The Morgan fingerprint density at radius 2 is 1.43 bits per heavy atom. The van der Waals surface area contributed by atoms with Crippen molar-refractivity contribution in [1.82, 2.24) is 9.55 Å². The third-order valence-electron chi connectivity index (χ3n) is 6.51. The molecule has 12 heteroatoms. The first-order valence-corrected chi connectivity index (χ1v) is 12.8. The number of carbonyl (C=O) groups is 1. The molecule has 1 amide bonds. The number of methoxy groups -OCH3 is 6. The third-order valence-corrected chi connectivity index (χ3v) is 6.51. The number of benzene rings is 2. The molecule has 0 spiro atoms. The second kappa shape index (κ2) is 15.2. The van der Waals surface area contributed by atoms with Crippen LogP contribution in [0.3, 0.4) is 0 Å². The smallest absolute Gasteiger partial charge is 0.269 e. The van der Waals surface area contributed by atoms with E-state index in [9.17, 15) is 9.59 Å². The Labute approximate surface area is 233 Å². The van der Waals surface area contributed by atoms with Crippen LogP contribution in [0.5, 0.6) is 11.5 Å². The van der Waals surface area contributed by atoms with E-state index < -0.39 is 0 Å². The lowest BCUT2D eigenvalue weighted by Crippen LogP contribution is -2.41. The molecule has 1 aromatic heterocycles. The van der Waals surface area contributed by atoms with Crippen molar-refractivity contribution in [1.29, 1.82) is 0 Å². The fourth-order valence-corrected chi connectivity index (χ4v) is 4.29. The van der Waals surface area contributed by atoms with Gasteiger partial charge in [-0.2, -0.15) is 0 Å². The highest BCUT2D eigenvalue weighted by Crippen LogP contribution is 2.33. The first-order chi connectivity index (χ1) is 19.4. The minimum atomic E-state index is -0.337. The van der Waals surface area contributed by atoms with E-state index in [-0.39, 0.29) is 24.0 Å². The highest BCUT2D eigenvalue weighted by Gasteiger charge is 2.25. The number of anilines is 2. The minimum absolute atomic E-state index is 0.0247. The molecule has 1 aliphatic rings. The van der Waals surface area contributed by atoms with E-state index in [4.69, 9.17) is 28.4 Å². The van der Waals surface area contributed by atoms with Crippen LogP contribution >= 0.6 is 0 Å². The number of carbonyl (C=O) groups excluding carboxylic acids is 1. The van der Waals surface area contributed by atoms with Gasteiger partial charge < -0.3 is 43.2 Å². The zero-order chi connectivity index (χ0) is 29.1. The SMILES string of the molecule is COc1ccc2c(c1)N(CCC(OC)OC)C(=O)CN2.COc1ccc2ncc(=O)n(CCC(OC)OC)c2c1. The number of aromatic nitrogens is 2. The number of nitrogens with zero attached hydrogens (tertiary/aromatic N) is 3. The molecular formula is C28H38N4O8. The molecule has 1 aliphatic heterocycles. The third kappa shape index (κ3) is 7.69. The van der Waals surface area contributed by atoms with Crippen molar-refractivity contribution < 1.29 is 33.2 Å². The summed E-state index contributed by atoms with van der Waals surface area (Å²) >= 11 is 0. The summed E-state index contributed by atoms with van der Waals surface area (Å²) in [5.74, 6) is 1.44. The Morgan fingerprint density at radius 1 is 0.825 bits per heavy atom. The minimum Gasteiger partial charge on any atom is -0.497 e. The molecule has 0 saturated carbocycles. The average molecular weight is 559 g/mol. The Morgan fingerprint density at radius 3 is 2.05 bits per heavy atom. The van der Waals surface area contributed by atoms with Gasteiger partial charge in [0.2, 0.25) is 5.91 Å². The zero-order valence-electron chi connectivity index (χ0n) is 23.8. The van der Waals surface area contributed by atoms with Crippen LogP contribution in [0.25, 0.3) is 11.0 Å². The van der Waals surface area contributed by atoms with Crippen molar-refractivity contribution in [2.45, 2.75) is 32.0 Å². The molecule has 4 rings (SSSR count). The van der Waals surface area contributed by atoms with Crippen molar-refractivity contribution in [3.8, 4) is 11.5 Å². The largest absolute Gasteiger partial charge is 0.497 e. The van der Waals surface area contributed by atoms with Gasteiger partial charge in [0.05, 0.1) is 49.4 Å². The summed E-state index contributed by atoms with van der Waals surface area (Å²) in [5.41, 5.74) is 3.08. The molecule has 3 aromatic rings. The highest BCUT2D eigenvalue weighted by molar-refractivity contribution is 6.02. The molecule has 0 atom stereocenters. The van der Waals surface area contributed by atoms with Crippen LogP contribution in [-0.4, -0.2) is 83.8 Å². The fourth-order valence-electron chi connectivity index (χ4n) is 4.29. The van der Waals surface area contributed by atoms with Gasteiger partial charge in [-0.25, -0.2) is 4.98 Å². The molecule has 0 saturated heterocycles. The molecule has 0 fully saturated rings. The van der Waals surface area contributed by atoms with Crippen molar-refractivity contribution in [2.24, 2.45) is 0 Å². The van der Waals surface area contributed by atoms with Crippen molar-refractivity contribution >= 4 is 28.3 Å². The molecule has 40 heavy (non-hydrogen) atoms. The van der Waals surface area contributed by atoms with Gasteiger partial charge in [0.1, 0.15) is 11.5 Å². The second-order valence-corrected chi connectivity index (χ2v) is 8.76. The summed E-state index contributed by atoms with van der Waals surface area (Å²) in [6.07, 6.45) is 1.85. The molecule has 218 valence electrons. The molecule has 0 aliphatic carbocycles. The maximum absolute atomic E-state index is 12.1. The van der Waals surface area contributed by atoms with Crippen LogP contribution in [0, 0.1) is 0 Å².